The Balaban J connectivity index is 2.12. The molecule has 1 fully saturated rings. The van der Waals surface area contributed by atoms with E-state index < -0.39 is 0 Å². The van der Waals surface area contributed by atoms with Crippen molar-refractivity contribution in [3.05, 3.63) is 5.82 Å². The summed E-state index contributed by atoms with van der Waals surface area (Å²) >= 11 is 5.73. The zero-order valence-corrected chi connectivity index (χ0v) is 8.81. The third-order valence-electron chi connectivity index (χ3n) is 2.71. The molecule has 1 aromatic rings. The van der Waals surface area contributed by atoms with Crippen molar-refractivity contribution in [1.29, 1.82) is 0 Å². The number of hydrogen-bond acceptors (Lipinski definition) is 4. The molecule has 0 radical (unpaired) electrons. The van der Waals surface area contributed by atoms with Crippen LogP contribution in [0.4, 0.5) is 0 Å². The van der Waals surface area contributed by atoms with E-state index in [2.05, 4.69) is 22.4 Å². The van der Waals surface area contributed by atoms with Crippen LogP contribution in [-0.2, 0) is 10.6 Å². The van der Waals surface area contributed by atoms with Gasteiger partial charge in [-0.1, -0.05) is 0 Å². The summed E-state index contributed by atoms with van der Waals surface area (Å²) in [6, 6.07) is 0.265. The average Bonchev–Trinajstić information content (AvgIpc) is 2.87. The Kier molecular flexibility index (Phi) is 2.98. The third-order valence-corrected chi connectivity index (χ3v) is 2.95. The van der Waals surface area contributed by atoms with Crippen molar-refractivity contribution < 1.29 is 4.74 Å². The van der Waals surface area contributed by atoms with E-state index >= 15 is 0 Å². The van der Waals surface area contributed by atoms with Crippen LogP contribution in [0.3, 0.4) is 0 Å². The smallest absolute Gasteiger partial charge is 0.166 e. The molecule has 2 heterocycles. The molecule has 0 spiro atoms. The molecule has 2 unspecified atom stereocenters. The van der Waals surface area contributed by atoms with Crippen molar-refractivity contribution in [3.8, 4) is 0 Å². The second kappa shape index (κ2) is 4.23. The zero-order valence-electron chi connectivity index (χ0n) is 8.06. The van der Waals surface area contributed by atoms with E-state index in [1.165, 1.54) is 0 Å². The SMILES string of the molecule is CC(C1CCOC1)n1nnnc1CCl. The van der Waals surface area contributed by atoms with Crippen molar-refractivity contribution in [2.75, 3.05) is 13.2 Å². The van der Waals surface area contributed by atoms with Crippen molar-refractivity contribution in [2.24, 2.45) is 5.92 Å². The number of tetrazole rings is 1. The fourth-order valence-corrected chi connectivity index (χ4v) is 1.93. The van der Waals surface area contributed by atoms with Crippen LogP contribution in [-0.4, -0.2) is 33.4 Å². The van der Waals surface area contributed by atoms with E-state index in [9.17, 15) is 0 Å². The minimum absolute atomic E-state index is 0.265. The standard InChI is InChI=1S/C8H13ClN4O/c1-6(7-2-3-14-5-7)13-8(4-9)10-11-12-13/h6-7H,2-5H2,1H3. The molecule has 1 aliphatic rings. The summed E-state index contributed by atoms with van der Waals surface area (Å²) in [4.78, 5) is 0. The summed E-state index contributed by atoms with van der Waals surface area (Å²) in [5.74, 6) is 1.58. The monoisotopic (exact) mass is 216 g/mol. The van der Waals surface area contributed by atoms with Gasteiger partial charge >= 0.3 is 0 Å². The van der Waals surface area contributed by atoms with Crippen LogP contribution in [0.15, 0.2) is 0 Å². The molecule has 5 nitrogen and oxygen atoms in total. The first-order valence-corrected chi connectivity index (χ1v) is 5.27. The number of aromatic nitrogens is 4. The molecule has 0 amide bonds. The van der Waals surface area contributed by atoms with Gasteiger partial charge in [0.15, 0.2) is 5.82 Å². The van der Waals surface area contributed by atoms with Crippen molar-refractivity contribution >= 4 is 11.6 Å². The second-order valence-electron chi connectivity index (χ2n) is 3.54. The van der Waals surface area contributed by atoms with Crippen LogP contribution in [0, 0.1) is 5.92 Å². The molecular weight excluding hydrogens is 204 g/mol. The lowest BCUT2D eigenvalue weighted by Gasteiger charge is -2.17. The maximum atomic E-state index is 5.73. The first kappa shape index (κ1) is 9.86. The quantitative estimate of drug-likeness (QED) is 0.708. The van der Waals surface area contributed by atoms with E-state index in [1.807, 2.05) is 0 Å². The van der Waals surface area contributed by atoms with Crippen LogP contribution >= 0.6 is 11.6 Å². The number of alkyl halides is 1. The van der Waals surface area contributed by atoms with Crippen LogP contribution in [0.1, 0.15) is 25.2 Å². The normalized spacial score (nSPS) is 24.0. The Morgan fingerprint density at radius 2 is 2.57 bits per heavy atom. The molecule has 6 heteroatoms. The number of nitrogens with zero attached hydrogens (tertiary/aromatic N) is 4. The molecule has 2 rings (SSSR count). The van der Waals surface area contributed by atoms with Gasteiger partial charge in [-0.25, -0.2) is 4.68 Å². The molecule has 0 bridgehead atoms. The minimum atomic E-state index is 0.265. The Hall–Kier alpha value is -0.680. The predicted octanol–water partition coefficient (Wildman–Crippen LogP) is 1.01. The Morgan fingerprint density at radius 3 is 3.21 bits per heavy atom. The first-order valence-electron chi connectivity index (χ1n) is 4.73. The summed E-state index contributed by atoms with van der Waals surface area (Å²) in [5.41, 5.74) is 0. The highest BCUT2D eigenvalue weighted by Crippen LogP contribution is 2.25. The topological polar surface area (TPSA) is 52.8 Å². The summed E-state index contributed by atoms with van der Waals surface area (Å²) in [7, 11) is 0. The summed E-state index contributed by atoms with van der Waals surface area (Å²) in [6.45, 7) is 3.74. The number of ether oxygens (including phenoxy) is 1. The van der Waals surface area contributed by atoms with Gasteiger partial charge in [0.25, 0.3) is 0 Å². The molecule has 0 saturated carbocycles. The fraction of sp³-hybridized carbons (Fsp3) is 0.875. The number of hydrogen-bond donors (Lipinski definition) is 0. The maximum absolute atomic E-state index is 5.73. The predicted molar refractivity (Wildman–Crippen MR) is 51.0 cm³/mol. The van der Waals surface area contributed by atoms with Gasteiger partial charge in [-0.15, -0.1) is 16.7 Å². The van der Waals surface area contributed by atoms with E-state index in [1.54, 1.807) is 4.68 Å². The van der Waals surface area contributed by atoms with Crippen molar-refractivity contribution in [1.82, 2.24) is 20.2 Å². The highest BCUT2D eigenvalue weighted by molar-refractivity contribution is 6.16. The Bertz CT molecular complexity index is 297. The molecule has 1 aromatic heterocycles. The lowest BCUT2D eigenvalue weighted by atomic mass is 10.0. The van der Waals surface area contributed by atoms with Crippen molar-refractivity contribution in [2.45, 2.75) is 25.3 Å². The molecule has 1 saturated heterocycles. The van der Waals surface area contributed by atoms with Gasteiger partial charge in [-0.05, 0) is 23.8 Å². The zero-order chi connectivity index (χ0) is 9.97. The van der Waals surface area contributed by atoms with E-state index in [4.69, 9.17) is 16.3 Å². The molecule has 78 valence electrons. The van der Waals surface area contributed by atoms with Gasteiger partial charge in [0.1, 0.15) is 0 Å². The van der Waals surface area contributed by atoms with Gasteiger partial charge < -0.3 is 4.74 Å². The molecule has 0 N–H and O–H groups in total. The molecule has 0 aromatic carbocycles. The number of rotatable bonds is 3. The Labute approximate surface area is 87.4 Å². The summed E-state index contributed by atoms with van der Waals surface area (Å²) in [6.07, 6.45) is 1.07. The molecule has 14 heavy (non-hydrogen) atoms. The highest BCUT2D eigenvalue weighted by Gasteiger charge is 2.25. The fourth-order valence-electron chi connectivity index (χ4n) is 1.75. The van der Waals surface area contributed by atoms with E-state index in [-0.39, 0.29) is 6.04 Å². The van der Waals surface area contributed by atoms with Gasteiger partial charge in [0, 0.05) is 12.5 Å². The summed E-state index contributed by atoms with van der Waals surface area (Å²) in [5, 5.41) is 11.4. The van der Waals surface area contributed by atoms with Crippen LogP contribution in [0.2, 0.25) is 0 Å². The second-order valence-corrected chi connectivity index (χ2v) is 3.80. The minimum Gasteiger partial charge on any atom is -0.381 e. The largest absolute Gasteiger partial charge is 0.381 e. The van der Waals surface area contributed by atoms with Crippen LogP contribution < -0.4 is 0 Å². The van der Waals surface area contributed by atoms with Gasteiger partial charge in [0.05, 0.1) is 18.5 Å². The first-order chi connectivity index (χ1) is 6.83. The molecule has 0 aliphatic carbocycles. The molecule has 2 atom stereocenters. The molecular formula is C8H13ClN4O. The van der Waals surface area contributed by atoms with Gasteiger partial charge in [-0.2, -0.15) is 0 Å². The highest BCUT2D eigenvalue weighted by atomic mass is 35.5. The lowest BCUT2D eigenvalue weighted by molar-refractivity contribution is 0.172. The van der Waals surface area contributed by atoms with Gasteiger partial charge in [-0.3, -0.25) is 0 Å². The maximum Gasteiger partial charge on any atom is 0.166 e. The lowest BCUT2D eigenvalue weighted by Crippen LogP contribution is -2.19. The van der Waals surface area contributed by atoms with Crippen LogP contribution in [0.25, 0.3) is 0 Å². The van der Waals surface area contributed by atoms with E-state index in [0.29, 0.717) is 11.8 Å². The van der Waals surface area contributed by atoms with E-state index in [0.717, 1.165) is 25.5 Å². The Morgan fingerprint density at radius 1 is 1.71 bits per heavy atom. The number of halogens is 1. The average molecular weight is 217 g/mol. The van der Waals surface area contributed by atoms with Crippen molar-refractivity contribution in [3.63, 3.8) is 0 Å². The molecule has 1 aliphatic heterocycles. The third kappa shape index (κ3) is 1.74. The van der Waals surface area contributed by atoms with Gasteiger partial charge in [0.2, 0.25) is 0 Å². The summed E-state index contributed by atoms with van der Waals surface area (Å²) < 4.78 is 7.13. The van der Waals surface area contributed by atoms with Crippen LogP contribution in [0.5, 0.6) is 0 Å².